The summed E-state index contributed by atoms with van der Waals surface area (Å²) in [7, 11) is 0. The first-order valence-electron chi connectivity index (χ1n) is 6.66. The second kappa shape index (κ2) is 4.52. The first kappa shape index (κ1) is 11.8. The van der Waals surface area contributed by atoms with Gasteiger partial charge in [-0.25, -0.2) is 4.98 Å². The predicted molar refractivity (Wildman–Crippen MR) is 83.1 cm³/mol. The van der Waals surface area contributed by atoms with E-state index in [2.05, 4.69) is 15.0 Å². The third-order valence-corrected chi connectivity index (χ3v) is 3.53. The molecule has 4 nitrogen and oxygen atoms in total. The van der Waals surface area contributed by atoms with Gasteiger partial charge in [0.05, 0.1) is 16.6 Å². The van der Waals surface area contributed by atoms with E-state index in [1.54, 1.807) is 12.4 Å². The molecule has 1 N–H and O–H groups in total. The molecular formula is C17H11N3O. The molecule has 4 heteroatoms. The van der Waals surface area contributed by atoms with Crippen molar-refractivity contribution in [2.75, 3.05) is 0 Å². The van der Waals surface area contributed by atoms with Gasteiger partial charge in [-0.3, -0.25) is 9.78 Å². The van der Waals surface area contributed by atoms with Crippen molar-refractivity contribution in [2.24, 2.45) is 0 Å². The Morgan fingerprint density at radius 2 is 1.76 bits per heavy atom. The van der Waals surface area contributed by atoms with Gasteiger partial charge in [0.25, 0.3) is 5.56 Å². The lowest BCUT2D eigenvalue weighted by Crippen LogP contribution is -2.08. The van der Waals surface area contributed by atoms with Gasteiger partial charge in [0.2, 0.25) is 0 Å². The molecule has 0 aliphatic carbocycles. The maximum absolute atomic E-state index is 12.3. The second-order valence-corrected chi connectivity index (χ2v) is 4.79. The largest absolute Gasteiger partial charge is 0.328 e. The molecule has 0 atom stereocenters. The third kappa shape index (κ3) is 1.80. The quantitative estimate of drug-likeness (QED) is 0.542. The standard InChI is InChI=1S/C17H11N3O/c21-17-15-12(8-10-19-17)11-5-1-2-6-13(11)20-16(15)14-7-3-4-9-18-14/h1-10H,(H,19,21). The van der Waals surface area contributed by atoms with Crippen LogP contribution >= 0.6 is 0 Å². The summed E-state index contributed by atoms with van der Waals surface area (Å²) in [5.41, 5.74) is 2.03. The number of hydrogen-bond acceptors (Lipinski definition) is 3. The van der Waals surface area contributed by atoms with Gasteiger partial charge in [-0.1, -0.05) is 24.3 Å². The lowest BCUT2D eigenvalue weighted by molar-refractivity contribution is 1.25. The number of nitrogens with one attached hydrogen (secondary N) is 1. The molecule has 0 aliphatic heterocycles. The van der Waals surface area contributed by atoms with Gasteiger partial charge in [0.1, 0.15) is 5.69 Å². The van der Waals surface area contributed by atoms with Gasteiger partial charge in [-0.05, 0) is 24.3 Å². The van der Waals surface area contributed by atoms with Crippen molar-refractivity contribution >= 4 is 21.7 Å². The van der Waals surface area contributed by atoms with E-state index in [-0.39, 0.29) is 5.56 Å². The summed E-state index contributed by atoms with van der Waals surface area (Å²) >= 11 is 0. The lowest BCUT2D eigenvalue weighted by atomic mass is 10.0. The molecule has 3 heterocycles. The molecule has 21 heavy (non-hydrogen) atoms. The Balaban J connectivity index is 2.26. The van der Waals surface area contributed by atoms with Crippen LogP contribution in [-0.4, -0.2) is 15.0 Å². The number of hydrogen-bond donors (Lipinski definition) is 1. The van der Waals surface area contributed by atoms with Gasteiger partial charge in [0, 0.05) is 23.2 Å². The van der Waals surface area contributed by atoms with Gasteiger partial charge in [-0.2, -0.15) is 0 Å². The van der Waals surface area contributed by atoms with Crippen LogP contribution in [0.5, 0.6) is 0 Å². The van der Waals surface area contributed by atoms with Crippen LogP contribution in [0.1, 0.15) is 0 Å². The SMILES string of the molecule is O=c1[nH]ccc2c1c(-c1ccccn1)nc1ccccc12. The van der Waals surface area contributed by atoms with Crippen LogP contribution in [0.3, 0.4) is 0 Å². The minimum absolute atomic E-state index is 0.147. The molecule has 3 aromatic heterocycles. The average molecular weight is 273 g/mol. The highest BCUT2D eigenvalue weighted by molar-refractivity contribution is 6.10. The van der Waals surface area contributed by atoms with Crippen LogP contribution in [0.25, 0.3) is 33.1 Å². The van der Waals surface area contributed by atoms with E-state index in [1.165, 1.54) is 0 Å². The number of nitrogens with zero attached hydrogens (tertiary/aromatic N) is 2. The molecular weight excluding hydrogens is 262 g/mol. The minimum atomic E-state index is -0.147. The molecule has 0 radical (unpaired) electrons. The molecule has 0 amide bonds. The van der Waals surface area contributed by atoms with Crippen molar-refractivity contribution in [1.29, 1.82) is 0 Å². The monoisotopic (exact) mass is 273 g/mol. The van der Waals surface area contributed by atoms with Gasteiger partial charge in [-0.15, -0.1) is 0 Å². The average Bonchev–Trinajstić information content (AvgIpc) is 2.55. The number of rotatable bonds is 1. The Kier molecular flexibility index (Phi) is 2.54. The number of fused-ring (bicyclic) bond motifs is 3. The number of H-pyrrole nitrogens is 1. The Morgan fingerprint density at radius 3 is 2.62 bits per heavy atom. The molecule has 0 saturated carbocycles. The summed E-state index contributed by atoms with van der Waals surface area (Å²) in [5.74, 6) is 0. The van der Waals surface area contributed by atoms with Crippen molar-refractivity contribution in [2.45, 2.75) is 0 Å². The highest BCUT2D eigenvalue weighted by Gasteiger charge is 2.13. The summed E-state index contributed by atoms with van der Waals surface area (Å²) in [6.07, 6.45) is 3.37. The first-order valence-corrected chi connectivity index (χ1v) is 6.66. The van der Waals surface area contributed by atoms with Crippen LogP contribution in [0.15, 0.2) is 65.7 Å². The zero-order chi connectivity index (χ0) is 14.2. The van der Waals surface area contributed by atoms with E-state index in [9.17, 15) is 4.79 Å². The molecule has 1 aromatic carbocycles. The molecule has 0 bridgehead atoms. The van der Waals surface area contributed by atoms with Crippen LogP contribution < -0.4 is 5.56 Å². The van der Waals surface area contributed by atoms with Crippen molar-refractivity contribution in [3.63, 3.8) is 0 Å². The molecule has 4 aromatic rings. The van der Waals surface area contributed by atoms with E-state index in [0.717, 1.165) is 16.3 Å². The number of benzene rings is 1. The molecule has 0 unspecified atom stereocenters. The third-order valence-electron chi connectivity index (χ3n) is 3.53. The number of pyridine rings is 3. The fourth-order valence-electron chi connectivity index (χ4n) is 2.60. The van der Waals surface area contributed by atoms with Crippen molar-refractivity contribution in [3.05, 3.63) is 71.3 Å². The fraction of sp³-hybridized carbons (Fsp3) is 0. The van der Waals surface area contributed by atoms with Crippen molar-refractivity contribution < 1.29 is 0 Å². The maximum Gasteiger partial charge on any atom is 0.258 e. The Bertz CT molecular complexity index is 1010. The van der Waals surface area contributed by atoms with Crippen LogP contribution in [0.4, 0.5) is 0 Å². The Hall–Kier alpha value is -3.01. The maximum atomic E-state index is 12.3. The summed E-state index contributed by atoms with van der Waals surface area (Å²) in [6, 6.07) is 15.3. The molecule has 100 valence electrons. The van der Waals surface area contributed by atoms with Gasteiger partial charge >= 0.3 is 0 Å². The number of para-hydroxylation sites is 1. The number of aromatic nitrogens is 3. The summed E-state index contributed by atoms with van der Waals surface area (Å²) < 4.78 is 0. The van der Waals surface area contributed by atoms with Crippen molar-refractivity contribution in [1.82, 2.24) is 15.0 Å². The van der Waals surface area contributed by atoms with E-state index < -0.39 is 0 Å². The minimum Gasteiger partial charge on any atom is -0.328 e. The smallest absolute Gasteiger partial charge is 0.258 e. The fourth-order valence-corrected chi connectivity index (χ4v) is 2.60. The summed E-state index contributed by atoms with van der Waals surface area (Å²) in [4.78, 5) is 24.0. The molecule has 4 rings (SSSR count). The van der Waals surface area contributed by atoms with Crippen LogP contribution in [0, 0.1) is 0 Å². The molecule has 0 fully saturated rings. The highest BCUT2D eigenvalue weighted by atomic mass is 16.1. The zero-order valence-corrected chi connectivity index (χ0v) is 11.1. The second-order valence-electron chi connectivity index (χ2n) is 4.79. The van der Waals surface area contributed by atoms with Crippen molar-refractivity contribution in [3.8, 4) is 11.4 Å². The lowest BCUT2D eigenvalue weighted by Gasteiger charge is -2.08. The Morgan fingerprint density at radius 1 is 0.905 bits per heavy atom. The Labute approximate surface area is 120 Å². The molecule has 0 saturated heterocycles. The normalized spacial score (nSPS) is 11.0. The van der Waals surface area contributed by atoms with E-state index in [4.69, 9.17) is 0 Å². The number of aromatic amines is 1. The van der Waals surface area contributed by atoms with E-state index in [0.29, 0.717) is 16.8 Å². The predicted octanol–water partition coefficient (Wildman–Crippen LogP) is 3.14. The van der Waals surface area contributed by atoms with Gasteiger partial charge in [0.15, 0.2) is 0 Å². The first-order chi connectivity index (χ1) is 10.3. The van der Waals surface area contributed by atoms with E-state index in [1.807, 2.05) is 48.5 Å². The highest BCUT2D eigenvalue weighted by Crippen LogP contribution is 2.28. The van der Waals surface area contributed by atoms with Gasteiger partial charge < -0.3 is 4.98 Å². The zero-order valence-electron chi connectivity index (χ0n) is 11.1. The summed E-state index contributed by atoms with van der Waals surface area (Å²) in [5, 5.41) is 2.44. The topological polar surface area (TPSA) is 58.6 Å². The summed E-state index contributed by atoms with van der Waals surface area (Å²) in [6.45, 7) is 0. The van der Waals surface area contributed by atoms with Crippen LogP contribution in [-0.2, 0) is 0 Å². The van der Waals surface area contributed by atoms with Crippen LogP contribution in [0.2, 0.25) is 0 Å². The van der Waals surface area contributed by atoms with E-state index >= 15 is 0 Å². The molecule has 0 spiro atoms. The molecule has 0 aliphatic rings.